The molecular weight excluding hydrogens is 374 g/mol. The van der Waals surface area contributed by atoms with Crippen molar-refractivity contribution in [3.05, 3.63) is 95.6 Å². The Morgan fingerprint density at radius 1 is 1.17 bits per heavy atom. The minimum absolute atomic E-state index is 0.315. The van der Waals surface area contributed by atoms with E-state index in [2.05, 4.69) is 12.4 Å². The van der Waals surface area contributed by atoms with E-state index >= 15 is 0 Å². The van der Waals surface area contributed by atoms with Gasteiger partial charge < -0.3 is 15.9 Å². The molecule has 0 unspecified atom stereocenters. The van der Waals surface area contributed by atoms with Crippen LogP contribution < -0.4 is 11.2 Å². The summed E-state index contributed by atoms with van der Waals surface area (Å²) in [7, 11) is 0. The standard InChI is InChI=1S/C25H29N3O2/c1-3-5-11-19(4-2)16-21(18-29)30-28-25-15-10-9-14-22(25)24(27)17-23(26)20-12-7-6-8-13-20/h4-15,17-18,21,26,28H,3,16,27H2,1-2H3/b11-5-,19-4+,24-17?,26-23?/t21-/m0/s1. The third-order valence-electron chi connectivity index (χ3n) is 4.47. The molecule has 0 spiro atoms. The molecule has 2 rings (SSSR count). The lowest BCUT2D eigenvalue weighted by Crippen LogP contribution is -2.20. The number of hydrogen-bond donors (Lipinski definition) is 3. The molecular formula is C25H29N3O2. The first-order chi connectivity index (χ1) is 14.6. The van der Waals surface area contributed by atoms with E-state index in [0.29, 0.717) is 29.1 Å². The van der Waals surface area contributed by atoms with Crippen molar-refractivity contribution in [3.63, 3.8) is 0 Å². The minimum Gasteiger partial charge on any atom is -0.398 e. The molecule has 4 N–H and O–H groups in total. The molecule has 0 amide bonds. The van der Waals surface area contributed by atoms with Gasteiger partial charge in [0, 0.05) is 17.7 Å². The summed E-state index contributed by atoms with van der Waals surface area (Å²) in [6.07, 6.45) is 9.17. The van der Waals surface area contributed by atoms with Gasteiger partial charge in [-0.2, -0.15) is 0 Å². The first-order valence-corrected chi connectivity index (χ1v) is 9.98. The number of rotatable bonds is 11. The van der Waals surface area contributed by atoms with Gasteiger partial charge in [-0.1, -0.05) is 73.7 Å². The Morgan fingerprint density at radius 3 is 2.53 bits per heavy atom. The number of carbonyl (C=O) groups excluding carboxylic acids is 1. The Morgan fingerprint density at radius 2 is 1.87 bits per heavy atom. The topological polar surface area (TPSA) is 88.2 Å². The van der Waals surface area contributed by atoms with Gasteiger partial charge in [-0.3, -0.25) is 10.3 Å². The summed E-state index contributed by atoms with van der Waals surface area (Å²) in [5, 5.41) is 8.27. The Bertz CT molecular complexity index is 930. The first-order valence-electron chi connectivity index (χ1n) is 9.98. The second-order valence-electron chi connectivity index (χ2n) is 6.70. The molecule has 5 heteroatoms. The summed E-state index contributed by atoms with van der Waals surface area (Å²) in [6, 6.07) is 16.8. The van der Waals surface area contributed by atoms with Crippen LogP contribution in [0.4, 0.5) is 5.69 Å². The normalized spacial score (nSPS) is 13.3. The van der Waals surface area contributed by atoms with Crippen molar-refractivity contribution in [1.29, 1.82) is 5.41 Å². The lowest BCUT2D eigenvalue weighted by atomic mass is 10.1. The van der Waals surface area contributed by atoms with E-state index in [1.54, 1.807) is 6.08 Å². The molecule has 0 saturated heterocycles. The fourth-order valence-electron chi connectivity index (χ4n) is 2.80. The largest absolute Gasteiger partial charge is 0.398 e. The van der Waals surface area contributed by atoms with Crippen LogP contribution in [0.3, 0.4) is 0 Å². The number of nitrogens with one attached hydrogen (secondary N) is 2. The van der Waals surface area contributed by atoms with E-state index in [9.17, 15) is 4.79 Å². The second-order valence-corrected chi connectivity index (χ2v) is 6.70. The number of anilines is 1. The summed E-state index contributed by atoms with van der Waals surface area (Å²) >= 11 is 0. The highest BCUT2D eigenvalue weighted by Gasteiger charge is 2.12. The molecule has 0 aliphatic rings. The number of benzene rings is 2. The number of carbonyl (C=O) groups is 1. The van der Waals surface area contributed by atoms with E-state index < -0.39 is 6.10 Å². The Balaban J connectivity index is 2.12. The third kappa shape index (κ3) is 6.87. The lowest BCUT2D eigenvalue weighted by Gasteiger charge is -2.16. The quantitative estimate of drug-likeness (QED) is 0.206. The average Bonchev–Trinajstić information content (AvgIpc) is 2.79. The lowest BCUT2D eigenvalue weighted by molar-refractivity contribution is -0.116. The van der Waals surface area contributed by atoms with Crippen molar-refractivity contribution in [1.82, 2.24) is 0 Å². The van der Waals surface area contributed by atoms with Gasteiger partial charge in [-0.05, 0) is 36.6 Å². The van der Waals surface area contributed by atoms with E-state index in [0.717, 1.165) is 23.8 Å². The molecule has 0 aromatic heterocycles. The van der Waals surface area contributed by atoms with Gasteiger partial charge in [0.2, 0.25) is 0 Å². The minimum atomic E-state index is -0.640. The molecule has 156 valence electrons. The molecule has 5 nitrogen and oxygen atoms in total. The van der Waals surface area contributed by atoms with E-state index in [-0.39, 0.29) is 0 Å². The van der Waals surface area contributed by atoms with Crippen molar-refractivity contribution in [3.8, 4) is 0 Å². The van der Waals surface area contributed by atoms with Crippen molar-refractivity contribution in [2.24, 2.45) is 5.73 Å². The summed E-state index contributed by atoms with van der Waals surface area (Å²) in [4.78, 5) is 17.1. The highest BCUT2D eigenvalue weighted by molar-refractivity contribution is 6.10. The summed E-state index contributed by atoms with van der Waals surface area (Å²) < 4.78 is 0. The Hall–Kier alpha value is -3.44. The second kappa shape index (κ2) is 12.2. The van der Waals surface area contributed by atoms with Gasteiger partial charge in [0.05, 0.1) is 11.4 Å². The Labute approximate surface area is 178 Å². The number of para-hydroxylation sites is 1. The van der Waals surface area contributed by atoms with Crippen LogP contribution in [-0.4, -0.2) is 18.1 Å². The fraction of sp³-hybridized carbons (Fsp3) is 0.200. The van der Waals surface area contributed by atoms with Crippen LogP contribution in [0.5, 0.6) is 0 Å². The van der Waals surface area contributed by atoms with Crippen LogP contribution in [0, 0.1) is 5.41 Å². The highest BCUT2D eigenvalue weighted by atomic mass is 16.7. The monoisotopic (exact) mass is 403 g/mol. The van der Waals surface area contributed by atoms with Crippen LogP contribution in [0.25, 0.3) is 5.70 Å². The summed E-state index contributed by atoms with van der Waals surface area (Å²) in [5.41, 5.74) is 13.0. The zero-order valence-corrected chi connectivity index (χ0v) is 17.5. The predicted molar refractivity (Wildman–Crippen MR) is 124 cm³/mol. The van der Waals surface area contributed by atoms with Crippen molar-refractivity contribution in [2.45, 2.75) is 32.8 Å². The third-order valence-corrected chi connectivity index (χ3v) is 4.47. The molecule has 1 atom stereocenters. The van der Waals surface area contributed by atoms with Gasteiger partial charge in [0.15, 0.2) is 6.29 Å². The van der Waals surface area contributed by atoms with E-state index in [1.165, 1.54) is 0 Å². The number of nitrogens with two attached hydrogens (primary N) is 1. The van der Waals surface area contributed by atoms with E-state index in [4.69, 9.17) is 16.0 Å². The zero-order chi connectivity index (χ0) is 21.8. The maximum absolute atomic E-state index is 11.5. The Kier molecular flexibility index (Phi) is 9.28. The van der Waals surface area contributed by atoms with Crippen molar-refractivity contribution < 1.29 is 9.63 Å². The summed E-state index contributed by atoms with van der Waals surface area (Å²) in [6.45, 7) is 4.00. The molecule has 2 aromatic rings. The van der Waals surface area contributed by atoms with Crippen LogP contribution in [0.15, 0.2) is 84.5 Å². The molecule has 0 heterocycles. The highest BCUT2D eigenvalue weighted by Crippen LogP contribution is 2.22. The molecule has 0 fully saturated rings. The maximum atomic E-state index is 11.5. The predicted octanol–water partition coefficient (Wildman–Crippen LogP) is 5.27. The molecule has 0 bridgehead atoms. The molecule has 30 heavy (non-hydrogen) atoms. The van der Waals surface area contributed by atoms with Gasteiger partial charge >= 0.3 is 0 Å². The number of aldehydes is 1. The van der Waals surface area contributed by atoms with Crippen LogP contribution in [0.1, 0.15) is 37.8 Å². The number of allylic oxidation sites excluding steroid dienone is 4. The molecule has 0 radical (unpaired) electrons. The molecule has 0 saturated carbocycles. The van der Waals surface area contributed by atoms with Gasteiger partial charge in [-0.15, -0.1) is 0 Å². The van der Waals surface area contributed by atoms with Crippen LogP contribution >= 0.6 is 0 Å². The van der Waals surface area contributed by atoms with Gasteiger partial charge in [0.1, 0.15) is 6.10 Å². The summed E-state index contributed by atoms with van der Waals surface area (Å²) in [5.74, 6) is 0. The van der Waals surface area contributed by atoms with E-state index in [1.807, 2.05) is 79.7 Å². The smallest absolute Gasteiger partial charge is 0.151 e. The van der Waals surface area contributed by atoms with Crippen molar-refractivity contribution in [2.75, 3.05) is 5.48 Å². The van der Waals surface area contributed by atoms with Gasteiger partial charge in [-0.25, -0.2) is 0 Å². The van der Waals surface area contributed by atoms with Crippen LogP contribution in [0.2, 0.25) is 0 Å². The van der Waals surface area contributed by atoms with Crippen molar-refractivity contribution >= 4 is 23.4 Å². The maximum Gasteiger partial charge on any atom is 0.151 e. The van der Waals surface area contributed by atoms with Gasteiger partial charge in [0.25, 0.3) is 0 Å². The average molecular weight is 404 g/mol. The molecule has 0 aliphatic carbocycles. The zero-order valence-electron chi connectivity index (χ0n) is 17.5. The fourth-order valence-corrected chi connectivity index (χ4v) is 2.80. The SMILES string of the molecule is C/C=C(\C=C/CC)C[C@@H](C=O)ONc1ccccc1C(N)=CC(=N)c1ccccc1. The van der Waals surface area contributed by atoms with Crippen LogP contribution in [-0.2, 0) is 9.63 Å². The molecule has 2 aromatic carbocycles. The first kappa shape index (κ1) is 22.8. The molecule has 0 aliphatic heterocycles. The number of hydrogen-bond acceptors (Lipinski definition) is 5.